The Morgan fingerprint density at radius 3 is 2.84 bits per heavy atom. The number of nitrogens with zero attached hydrogens (tertiary/aromatic N) is 2. The first kappa shape index (κ1) is 13.8. The Balaban J connectivity index is 2.28. The molecule has 1 aliphatic rings. The van der Waals surface area contributed by atoms with E-state index >= 15 is 0 Å². The van der Waals surface area contributed by atoms with Gasteiger partial charge in [-0.1, -0.05) is 0 Å². The van der Waals surface area contributed by atoms with Crippen molar-refractivity contribution in [2.75, 3.05) is 32.1 Å². The number of carbonyl (C=O) groups is 1. The molecule has 0 amide bonds. The third-order valence-corrected chi connectivity index (χ3v) is 3.66. The van der Waals surface area contributed by atoms with Gasteiger partial charge in [0, 0.05) is 19.1 Å². The number of aromatic carboxylic acids is 1. The molecule has 0 saturated carbocycles. The van der Waals surface area contributed by atoms with Crippen molar-refractivity contribution < 1.29 is 14.3 Å². The fourth-order valence-electron chi connectivity index (χ4n) is 2.55. The minimum Gasteiger partial charge on any atom is -0.478 e. The lowest BCUT2D eigenvalue weighted by molar-refractivity contribution is 0.0697. The fourth-order valence-corrected chi connectivity index (χ4v) is 2.55. The summed E-state index contributed by atoms with van der Waals surface area (Å²) in [5, 5.41) is 9.19. The Hall–Kier alpha value is -1.62. The van der Waals surface area contributed by atoms with Crippen LogP contribution in [0.2, 0.25) is 0 Å². The van der Waals surface area contributed by atoms with E-state index in [9.17, 15) is 14.3 Å². The molecule has 1 fully saturated rings. The van der Waals surface area contributed by atoms with E-state index in [1.807, 2.05) is 19.0 Å². The van der Waals surface area contributed by atoms with Crippen LogP contribution in [0.5, 0.6) is 0 Å². The highest BCUT2D eigenvalue weighted by Crippen LogP contribution is 2.26. The van der Waals surface area contributed by atoms with Gasteiger partial charge in [0.1, 0.15) is 5.82 Å². The summed E-state index contributed by atoms with van der Waals surface area (Å²) in [6, 6.07) is 4.38. The van der Waals surface area contributed by atoms with Gasteiger partial charge in [-0.15, -0.1) is 0 Å². The molecule has 1 aromatic carbocycles. The molecule has 1 unspecified atom stereocenters. The summed E-state index contributed by atoms with van der Waals surface area (Å²) in [6.07, 6.45) is 2.12. The van der Waals surface area contributed by atoms with E-state index in [-0.39, 0.29) is 5.56 Å². The largest absolute Gasteiger partial charge is 0.478 e. The number of halogens is 1. The van der Waals surface area contributed by atoms with E-state index in [1.54, 1.807) is 6.07 Å². The lowest BCUT2D eigenvalue weighted by Gasteiger charge is -2.38. The molecule has 1 N–H and O–H groups in total. The van der Waals surface area contributed by atoms with Crippen LogP contribution in [0.1, 0.15) is 23.2 Å². The summed E-state index contributed by atoms with van der Waals surface area (Å²) in [7, 11) is 4.05. The minimum absolute atomic E-state index is 0.0411. The number of piperidine rings is 1. The molecule has 1 saturated heterocycles. The summed E-state index contributed by atoms with van der Waals surface area (Å²) in [6.45, 7) is 1.59. The summed E-state index contributed by atoms with van der Waals surface area (Å²) in [4.78, 5) is 15.4. The van der Waals surface area contributed by atoms with Gasteiger partial charge in [0.15, 0.2) is 0 Å². The third-order valence-electron chi connectivity index (χ3n) is 3.66. The molecular weight excluding hydrogens is 247 g/mol. The number of carboxylic acid groups (broad SMARTS) is 1. The molecule has 104 valence electrons. The molecule has 4 nitrogen and oxygen atoms in total. The van der Waals surface area contributed by atoms with Crippen LogP contribution in [0, 0.1) is 5.82 Å². The summed E-state index contributed by atoms with van der Waals surface area (Å²) < 4.78 is 13.2. The maximum Gasteiger partial charge on any atom is 0.337 e. The van der Waals surface area contributed by atoms with E-state index in [1.165, 1.54) is 6.07 Å². The van der Waals surface area contributed by atoms with Gasteiger partial charge in [0.25, 0.3) is 0 Å². The van der Waals surface area contributed by atoms with Crippen molar-refractivity contribution in [3.8, 4) is 0 Å². The van der Waals surface area contributed by atoms with E-state index < -0.39 is 11.8 Å². The maximum atomic E-state index is 13.2. The average molecular weight is 266 g/mol. The smallest absolute Gasteiger partial charge is 0.337 e. The maximum absolute atomic E-state index is 13.2. The predicted molar refractivity (Wildman–Crippen MR) is 72.3 cm³/mol. The Bertz CT molecular complexity index is 477. The van der Waals surface area contributed by atoms with E-state index in [2.05, 4.69) is 4.90 Å². The van der Waals surface area contributed by atoms with Crippen molar-refractivity contribution >= 4 is 11.7 Å². The van der Waals surface area contributed by atoms with Gasteiger partial charge in [-0.2, -0.15) is 0 Å². The van der Waals surface area contributed by atoms with E-state index in [4.69, 9.17) is 0 Å². The van der Waals surface area contributed by atoms with Crippen molar-refractivity contribution in [1.82, 2.24) is 4.90 Å². The lowest BCUT2D eigenvalue weighted by Crippen LogP contribution is -2.45. The Kier molecular flexibility index (Phi) is 4.04. The first-order valence-corrected chi connectivity index (χ1v) is 6.43. The Labute approximate surface area is 112 Å². The topological polar surface area (TPSA) is 43.8 Å². The SMILES string of the molecule is CN(C)C1CCCN(c2ccc(F)cc2C(=O)O)C1. The van der Waals surface area contributed by atoms with Crippen LogP contribution in [-0.2, 0) is 0 Å². The monoisotopic (exact) mass is 266 g/mol. The number of anilines is 1. The molecule has 0 spiro atoms. The molecule has 0 aromatic heterocycles. The van der Waals surface area contributed by atoms with Crippen LogP contribution in [0.3, 0.4) is 0 Å². The first-order valence-electron chi connectivity index (χ1n) is 6.43. The summed E-state index contributed by atoms with van der Waals surface area (Å²) in [5.74, 6) is -1.59. The zero-order valence-electron chi connectivity index (χ0n) is 11.3. The molecule has 19 heavy (non-hydrogen) atoms. The highest BCUT2D eigenvalue weighted by Gasteiger charge is 2.24. The molecule has 0 radical (unpaired) electrons. The van der Waals surface area contributed by atoms with Crippen molar-refractivity contribution in [3.63, 3.8) is 0 Å². The van der Waals surface area contributed by atoms with E-state index in [0.717, 1.165) is 32.0 Å². The number of benzene rings is 1. The molecule has 0 aliphatic carbocycles. The third kappa shape index (κ3) is 3.04. The molecule has 1 atom stereocenters. The molecule has 1 heterocycles. The molecule has 1 aromatic rings. The van der Waals surface area contributed by atoms with Crippen LogP contribution in [0.25, 0.3) is 0 Å². The highest BCUT2D eigenvalue weighted by molar-refractivity contribution is 5.94. The number of carboxylic acids is 1. The molecule has 0 bridgehead atoms. The summed E-state index contributed by atoms with van der Waals surface area (Å²) >= 11 is 0. The molecule has 1 aliphatic heterocycles. The lowest BCUT2D eigenvalue weighted by atomic mass is 10.0. The van der Waals surface area contributed by atoms with Gasteiger partial charge in [-0.3, -0.25) is 0 Å². The van der Waals surface area contributed by atoms with E-state index in [0.29, 0.717) is 11.7 Å². The van der Waals surface area contributed by atoms with Crippen LogP contribution < -0.4 is 4.90 Å². The highest BCUT2D eigenvalue weighted by atomic mass is 19.1. The second-order valence-corrected chi connectivity index (χ2v) is 5.17. The second kappa shape index (κ2) is 5.57. The van der Waals surface area contributed by atoms with Gasteiger partial charge in [0.2, 0.25) is 0 Å². The van der Waals surface area contributed by atoms with Crippen LogP contribution in [-0.4, -0.2) is 49.2 Å². The van der Waals surface area contributed by atoms with Crippen LogP contribution in [0.15, 0.2) is 18.2 Å². The van der Waals surface area contributed by atoms with Crippen molar-refractivity contribution in [2.24, 2.45) is 0 Å². The first-order chi connectivity index (χ1) is 8.99. The van der Waals surface area contributed by atoms with Gasteiger partial charge in [-0.25, -0.2) is 9.18 Å². The number of hydrogen-bond acceptors (Lipinski definition) is 3. The number of rotatable bonds is 3. The van der Waals surface area contributed by atoms with Gasteiger partial charge in [0.05, 0.1) is 11.3 Å². The van der Waals surface area contributed by atoms with Crippen molar-refractivity contribution in [1.29, 1.82) is 0 Å². The number of likely N-dealkylation sites (N-methyl/N-ethyl adjacent to an activating group) is 1. The molecule has 5 heteroatoms. The fraction of sp³-hybridized carbons (Fsp3) is 0.500. The standard InChI is InChI=1S/C14H19FN2O2/c1-16(2)11-4-3-7-17(9-11)13-6-5-10(15)8-12(13)14(18)19/h5-6,8,11H,3-4,7,9H2,1-2H3,(H,18,19). The van der Waals surface area contributed by atoms with Crippen LogP contribution in [0.4, 0.5) is 10.1 Å². The molecular formula is C14H19FN2O2. The average Bonchev–Trinajstić information content (AvgIpc) is 2.38. The van der Waals surface area contributed by atoms with Crippen molar-refractivity contribution in [2.45, 2.75) is 18.9 Å². The minimum atomic E-state index is -1.08. The van der Waals surface area contributed by atoms with Crippen LogP contribution >= 0.6 is 0 Å². The van der Waals surface area contributed by atoms with Crippen molar-refractivity contribution in [3.05, 3.63) is 29.6 Å². The normalized spacial score (nSPS) is 19.8. The Morgan fingerprint density at radius 1 is 1.47 bits per heavy atom. The molecule has 2 rings (SSSR count). The van der Waals surface area contributed by atoms with Gasteiger partial charge < -0.3 is 14.9 Å². The zero-order chi connectivity index (χ0) is 14.0. The van der Waals surface area contributed by atoms with Gasteiger partial charge >= 0.3 is 5.97 Å². The number of hydrogen-bond donors (Lipinski definition) is 1. The summed E-state index contributed by atoms with van der Waals surface area (Å²) in [5.41, 5.74) is 0.653. The quantitative estimate of drug-likeness (QED) is 0.909. The second-order valence-electron chi connectivity index (χ2n) is 5.17. The predicted octanol–water partition coefficient (Wildman–Crippen LogP) is 2.05. The zero-order valence-corrected chi connectivity index (χ0v) is 11.3. The van der Waals surface area contributed by atoms with Gasteiger partial charge in [-0.05, 0) is 45.1 Å². The Morgan fingerprint density at radius 2 is 2.21 bits per heavy atom.